The summed E-state index contributed by atoms with van der Waals surface area (Å²) in [5, 5.41) is 3.28. The highest BCUT2D eigenvalue weighted by atomic mass is 32.2. The highest BCUT2D eigenvalue weighted by Gasteiger charge is 2.27. The van der Waals surface area contributed by atoms with Gasteiger partial charge in [0.15, 0.2) is 0 Å². The summed E-state index contributed by atoms with van der Waals surface area (Å²) in [5.74, 6) is 0.659. The summed E-state index contributed by atoms with van der Waals surface area (Å²) in [6.07, 6.45) is 4.36. The first-order valence-corrected chi connectivity index (χ1v) is 10.3. The first-order valence-electron chi connectivity index (χ1n) is 7.06. The molecule has 1 fully saturated rings. The third-order valence-corrected chi connectivity index (χ3v) is 5.66. The lowest BCUT2D eigenvalue weighted by Crippen LogP contribution is -2.25. The Bertz CT molecular complexity index is 595. The number of benzene rings is 1. The molecule has 0 aromatic heterocycles. The van der Waals surface area contributed by atoms with Gasteiger partial charge in [-0.1, -0.05) is 0 Å². The Morgan fingerprint density at radius 2 is 1.90 bits per heavy atom. The summed E-state index contributed by atoms with van der Waals surface area (Å²) < 4.78 is 37.8. The molecule has 0 bridgehead atoms. The molecule has 118 valence electrons. The van der Waals surface area contributed by atoms with Crippen molar-refractivity contribution in [2.24, 2.45) is 0 Å². The van der Waals surface area contributed by atoms with Crippen molar-refractivity contribution in [3.05, 3.63) is 24.3 Å². The fourth-order valence-corrected chi connectivity index (χ4v) is 3.91. The van der Waals surface area contributed by atoms with Crippen LogP contribution in [-0.2, 0) is 20.8 Å². The zero-order valence-electron chi connectivity index (χ0n) is 12.3. The van der Waals surface area contributed by atoms with Crippen molar-refractivity contribution in [1.82, 2.24) is 4.72 Å². The van der Waals surface area contributed by atoms with Gasteiger partial charge in [0.25, 0.3) is 0 Å². The molecule has 0 spiro atoms. The minimum atomic E-state index is -3.38. The van der Waals surface area contributed by atoms with E-state index in [1.165, 1.54) is 0 Å². The first-order chi connectivity index (χ1) is 9.87. The Morgan fingerprint density at radius 3 is 2.43 bits per heavy atom. The number of hydrogen-bond acceptors (Lipinski definition) is 4. The number of rotatable bonds is 8. The van der Waals surface area contributed by atoms with Crippen molar-refractivity contribution in [2.45, 2.75) is 43.2 Å². The zero-order chi connectivity index (χ0) is 15.5. The van der Waals surface area contributed by atoms with Crippen LogP contribution in [0.1, 0.15) is 26.2 Å². The molecular weight excluding hydrogens is 308 g/mol. The van der Waals surface area contributed by atoms with Crippen molar-refractivity contribution in [3.8, 4) is 0 Å². The van der Waals surface area contributed by atoms with Gasteiger partial charge in [-0.15, -0.1) is 0 Å². The van der Waals surface area contributed by atoms with Gasteiger partial charge in [0.1, 0.15) is 0 Å². The van der Waals surface area contributed by atoms with Crippen molar-refractivity contribution in [1.29, 1.82) is 0 Å². The predicted octanol–water partition coefficient (Wildman–Crippen LogP) is 1.70. The monoisotopic (exact) mass is 330 g/mol. The number of hydrogen-bond donors (Lipinski definition) is 2. The molecule has 1 saturated carbocycles. The molecule has 2 atom stereocenters. The van der Waals surface area contributed by atoms with E-state index in [0.717, 1.165) is 24.9 Å². The molecular formula is C14H22N2O3S2. The van der Waals surface area contributed by atoms with Gasteiger partial charge < -0.3 is 5.32 Å². The van der Waals surface area contributed by atoms with E-state index in [4.69, 9.17) is 0 Å². The highest BCUT2D eigenvalue weighted by molar-refractivity contribution is 7.89. The lowest BCUT2D eigenvalue weighted by Gasteiger charge is -2.15. The quantitative estimate of drug-likeness (QED) is 0.761. The third-order valence-electron chi connectivity index (χ3n) is 3.32. The summed E-state index contributed by atoms with van der Waals surface area (Å²) in [5.41, 5.74) is 0.870. The molecule has 1 aliphatic carbocycles. The molecule has 0 saturated heterocycles. The summed E-state index contributed by atoms with van der Waals surface area (Å²) in [4.78, 5) is 0.294. The molecule has 21 heavy (non-hydrogen) atoms. The molecule has 0 amide bonds. The van der Waals surface area contributed by atoms with Crippen LogP contribution in [0.2, 0.25) is 0 Å². The molecule has 2 unspecified atom stereocenters. The Hall–Kier alpha value is -0.920. The third kappa shape index (κ3) is 5.41. The predicted molar refractivity (Wildman–Crippen MR) is 86.4 cm³/mol. The molecule has 1 aromatic carbocycles. The molecule has 7 heteroatoms. The van der Waals surface area contributed by atoms with Crippen molar-refractivity contribution in [3.63, 3.8) is 0 Å². The van der Waals surface area contributed by atoms with Gasteiger partial charge in [-0.3, -0.25) is 4.21 Å². The second-order valence-corrected chi connectivity index (χ2v) is 8.80. The Morgan fingerprint density at radius 1 is 1.29 bits per heavy atom. The maximum atomic E-state index is 12.0. The minimum absolute atomic E-state index is 0.114. The maximum Gasteiger partial charge on any atom is 0.240 e. The largest absolute Gasteiger partial charge is 0.383 e. The van der Waals surface area contributed by atoms with E-state index in [-0.39, 0.29) is 12.1 Å². The van der Waals surface area contributed by atoms with E-state index >= 15 is 0 Å². The van der Waals surface area contributed by atoms with Gasteiger partial charge in [0.05, 0.1) is 4.90 Å². The molecule has 1 aliphatic rings. The minimum Gasteiger partial charge on any atom is -0.383 e. The molecule has 2 rings (SSSR count). The van der Waals surface area contributed by atoms with Crippen LogP contribution in [0.4, 0.5) is 5.69 Å². The lowest BCUT2D eigenvalue weighted by molar-refractivity contribution is 0.581. The van der Waals surface area contributed by atoms with Gasteiger partial charge in [0, 0.05) is 40.6 Å². The van der Waals surface area contributed by atoms with Crippen LogP contribution in [0.25, 0.3) is 0 Å². The average Bonchev–Trinajstić information content (AvgIpc) is 3.20. The van der Waals surface area contributed by atoms with E-state index in [2.05, 4.69) is 10.0 Å². The van der Waals surface area contributed by atoms with Crippen molar-refractivity contribution < 1.29 is 12.6 Å². The smallest absolute Gasteiger partial charge is 0.240 e. The van der Waals surface area contributed by atoms with E-state index in [1.807, 2.05) is 6.92 Å². The van der Waals surface area contributed by atoms with Crippen LogP contribution in [0.3, 0.4) is 0 Å². The molecule has 0 heterocycles. The van der Waals surface area contributed by atoms with Gasteiger partial charge in [-0.2, -0.15) is 0 Å². The summed E-state index contributed by atoms with van der Waals surface area (Å²) in [6.45, 7) is 2.02. The van der Waals surface area contributed by atoms with Crippen molar-refractivity contribution in [2.75, 3.05) is 17.3 Å². The fourth-order valence-electron chi connectivity index (χ4n) is 1.92. The molecule has 2 N–H and O–H groups in total. The number of nitrogens with one attached hydrogen (secondary N) is 2. The SMILES string of the molecule is CC(CCS(C)=O)Nc1ccc(S(=O)(=O)NC2CC2)cc1. The zero-order valence-corrected chi connectivity index (χ0v) is 14.0. The highest BCUT2D eigenvalue weighted by Crippen LogP contribution is 2.23. The van der Waals surface area contributed by atoms with Crippen LogP contribution in [0.5, 0.6) is 0 Å². The van der Waals surface area contributed by atoms with Crippen LogP contribution in [0.15, 0.2) is 29.2 Å². The Balaban J connectivity index is 1.93. The molecule has 0 radical (unpaired) electrons. The molecule has 0 aliphatic heterocycles. The topological polar surface area (TPSA) is 75.3 Å². The lowest BCUT2D eigenvalue weighted by atomic mass is 10.2. The van der Waals surface area contributed by atoms with Crippen LogP contribution in [0, 0.1) is 0 Å². The van der Waals surface area contributed by atoms with Crippen LogP contribution in [-0.4, -0.2) is 36.7 Å². The average molecular weight is 330 g/mol. The number of anilines is 1. The van der Waals surface area contributed by atoms with E-state index < -0.39 is 20.8 Å². The van der Waals surface area contributed by atoms with Gasteiger partial charge >= 0.3 is 0 Å². The summed E-state index contributed by atoms with van der Waals surface area (Å²) in [7, 11) is -4.17. The molecule has 5 nitrogen and oxygen atoms in total. The maximum absolute atomic E-state index is 12.0. The fraction of sp³-hybridized carbons (Fsp3) is 0.571. The van der Waals surface area contributed by atoms with Crippen molar-refractivity contribution >= 4 is 26.5 Å². The van der Waals surface area contributed by atoms with Gasteiger partial charge in [-0.05, 0) is 50.5 Å². The number of sulfonamides is 1. The van der Waals surface area contributed by atoms with Gasteiger partial charge in [-0.25, -0.2) is 13.1 Å². The van der Waals surface area contributed by atoms with E-state index in [0.29, 0.717) is 10.6 Å². The summed E-state index contributed by atoms with van der Waals surface area (Å²) >= 11 is 0. The Labute approximate surface area is 129 Å². The van der Waals surface area contributed by atoms with Crippen LogP contribution >= 0.6 is 0 Å². The Kier molecular flexibility index (Phi) is 5.40. The molecule has 1 aromatic rings. The second-order valence-electron chi connectivity index (χ2n) is 5.53. The van der Waals surface area contributed by atoms with E-state index in [1.54, 1.807) is 30.5 Å². The summed E-state index contributed by atoms with van der Waals surface area (Å²) in [6, 6.07) is 7.06. The standard InChI is InChI=1S/C14H22N2O3S2/c1-11(9-10-20(2)17)15-12-5-7-14(8-6-12)21(18,19)16-13-3-4-13/h5-8,11,13,15-16H,3-4,9-10H2,1-2H3. The first kappa shape index (κ1) is 16.5. The van der Waals surface area contributed by atoms with E-state index in [9.17, 15) is 12.6 Å². The second kappa shape index (κ2) is 6.89. The normalized spacial score (nSPS) is 18.2. The van der Waals surface area contributed by atoms with Crippen LogP contribution < -0.4 is 10.0 Å². The van der Waals surface area contributed by atoms with Gasteiger partial charge in [0.2, 0.25) is 10.0 Å².